The number of hydrogen-bond acceptors (Lipinski definition) is 3. The number of aromatic amines is 1. The van der Waals surface area contributed by atoms with Crippen molar-refractivity contribution in [3.63, 3.8) is 0 Å². The number of nitrogen functional groups attached to an aromatic ring is 1. The summed E-state index contributed by atoms with van der Waals surface area (Å²) in [5.41, 5.74) is 9.50. The van der Waals surface area contributed by atoms with E-state index < -0.39 is 0 Å². The summed E-state index contributed by atoms with van der Waals surface area (Å²) in [5, 5.41) is 11.4. The summed E-state index contributed by atoms with van der Waals surface area (Å²) in [4.78, 5) is 0. The Morgan fingerprint density at radius 1 is 1.32 bits per heavy atom. The van der Waals surface area contributed by atoms with Crippen molar-refractivity contribution in [1.29, 1.82) is 0 Å². The molecule has 0 amide bonds. The SMILES string of the molecule is Cn1ccc(-c2[nH]nc(N)c2-c2cccc(Br)c2)n1. The van der Waals surface area contributed by atoms with Gasteiger partial charge in [-0.25, -0.2) is 0 Å². The van der Waals surface area contributed by atoms with Gasteiger partial charge >= 0.3 is 0 Å². The highest BCUT2D eigenvalue weighted by atomic mass is 79.9. The number of aryl methyl sites for hydroxylation is 1. The van der Waals surface area contributed by atoms with Gasteiger partial charge in [0.1, 0.15) is 5.69 Å². The third kappa shape index (κ3) is 2.15. The van der Waals surface area contributed by atoms with Gasteiger partial charge in [-0.05, 0) is 23.8 Å². The van der Waals surface area contributed by atoms with E-state index in [2.05, 4.69) is 31.2 Å². The van der Waals surface area contributed by atoms with Crippen LogP contribution in [-0.4, -0.2) is 20.0 Å². The van der Waals surface area contributed by atoms with Gasteiger partial charge in [-0.15, -0.1) is 0 Å². The third-order valence-electron chi connectivity index (χ3n) is 2.88. The minimum atomic E-state index is 0.471. The quantitative estimate of drug-likeness (QED) is 0.763. The topological polar surface area (TPSA) is 72.5 Å². The number of nitrogens with one attached hydrogen (secondary N) is 1. The second-order valence-electron chi connectivity index (χ2n) is 4.24. The van der Waals surface area contributed by atoms with Gasteiger partial charge in [-0.1, -0.05) is 28.1 Å². The molecule has 0 aliphatic heterocycles. The first kappa shape index (κ1) is 12.0. The number of rotatable bonds is 2. The molecule has 0 saturated heterocycles. The van der Waals surface area contributed by atoms with E-state index in [9.17, 15) is 0 Å². The normalized spacial score (nSPS) is 10.8. The van der Waals surface area contributed by atoms with E-state index in [1.807, 2.05) is 43.6 Å². The van der Waals surface area contributed by atoms with E-state index in [4.69, 9.17) is 5.73 Å². The fourth-order valence-electron chi connectivity index (χ4n) is 2.03. The molecule has 0 spiro atoms. The molecule has 96 valence electrons. The Balaban J connectivity index is 2.19. The van der Waals surface area contributed by atoms with Crippen molar-refractivity contribution in [3.8, 4) is 22.5 Å². The first-order valence-corrected chi connectivity index (χ1v) is 6.54. The molecule has 0 aliphatic carbocycles. The molecule has 0 unspecified atom stereocenters. The lowest BCUT2D eigenvalue weighted by atomic mass is 10.0. The van der Waals surface area contributed by atoms with Crippen molar-refractivity contribution in [1.82, 2.24) is 20.0 Å². The molecule has 6 heteroatoms. The van der Waals surface area contributed by atoms with Gasteiger partial charge in [0, 0.05) is 17.7 Å². The molecule has 1 aromatic carbocycles. The minimum absolute atomic E-state index is 0.471. The largest absolute Gasteiger partial charge is 0.382 e. The molecule has 2 aromatic heterocycles. The molecule has 3 aromatic rings. The summed E-state index contributed by atoms with van der Waals surface area (Å²) >= 11 is 3.47. The van der Waals surface area contributed by atoms with E-state index in [1.165, 1.54) is 0 Å². The number of hydrogen-bond donors (Lipinski definition) is 2. The first-order chi connectivity index (χ1) is 9.15. The van der Waals surface area contributed by atoms with Gasteiger partial charge < -0.3 is 5.73 Å². The van der Waals surface area contributed by atoms with Crippen LogP contribution < -0.4 is 5.73 Å². The fourth-order valence-corrected chi connectivity index (χ4v) is 2.43. The highest BCUT2D eigenvalue weighted by molar-refractivity contribution is 9.10. The number of H-pyrrole nitrogens is 1. The Morgan fingerprint density at radius 3 is 2.84 bits per heavy atom. The van der Waals surface area contributed by atoms with Crippen LogP contribution in [0, 0.1) is 0 Å². The van der Waals surface area contributed by atoms with Crippen LogP contribution in [-0.2, 0) is 7.05 Å². The zero-order chi connectivity index (χ0) is 13.4. The van der Waals surface area contributed by atoms with Gasteiger partial charge in [0.05, 0.1) is 11.3 Å². The molecule has 2 heterocycles. The van der Waals surface area contributed by atoms with E-state index in [1.54, 1.807) is 4.68 Å². The average Bonchev–Trinajstić information content (AvgIpc) is 2.95. The maximum Gasteiger partial charge on any atom is 0.153 e. The minimum Gasteiger partial charge on any atom is -0.382 e. The smallest absolute Gasteiger partial charge is 0.153 e. The highest BCUT2D eigenvalue weighted by Gasteiger charge is 2.16. The Kier molecular flexibility index (Phi) is 2.87. The molecule has 3 N–H and O–H groups in total. The number of nitrogens with two attached hydrogens (primary N) is 1. The van der Waals surface area contributed by atoms with E-state index in [-0.39, 0.29) is 0 Å². The molecule has 0 fully saturated rings. The van der Waals surface area contributed by atoms with Crippen molar-refractivity contribution in [2.75, 3.05) is 5.73 Å². The second kappa shape index (κ2) is 4.55. The predicted molar refractivity (Wildman–Crippen MR) is 78.3 cm³/mol. The van der Waals surface area contributed by atoms with Crippen LogP contribution in [0.4, 0.5) is 5.82 Å². The van der Waals surface area contributed by atoms with Crippen molar-refractivity contribution in [3.05, 3.63) is 41.0 Å². The van der Waals surface area contributed by atoms with Gasteiger partial charge in [0.15, 0.2) is 5.82 Å². The van der Waals surface area contributed by atoms with E-state index in [0.29, 0.717) is 5.82 Å². The highest BCUT2D eigenvalue weighted by Crippen LogP contribution is 2.34. The molecule has 19 heavy (non-hydrogen) atoms. The van der Waals surface area contributed by atoms with Gasteiger partial charge in [-0.2, -0.15) is 10.2 Å². The number of aromatic nitrogens is 4. The van der Waals surface area contributed by atoms with Gasteiger partial charge in [0.2, 0.25) is 0 Å². The molecule has 0 saturated carbocycles. The fraction of sp³-hybridized carbons (Fsp3) is 0.0769. The van der Waals surface area contributed by atoms with Gasteiger partial charge in [-0.3, -0.25) is 9.78 Å². The molecule has 0 aliphatic rings. The van der Waals surface area contributed by atoms with E-state index in [0.717, 1.165) is 27.0 Å². The number of nitrogens with zero attached hydrogens (tertiary/aromatic N) is 3. The van der Waals surface area contributed by atoms with Crippen molar-refractivity contribution in [2.45, 2.75) is 0 Å². The summed E-state index contributed by atoms with van der Waals surface area (Å²) < 4.78 is 2.74. The number of halogens is 1. The summed E-state index contributed by atoms with van der Waals surface area (Å²) in [6.45, 7) is 0. The zero-order valence-corrected chi connectivity index (χ0v) is 11.8. The Bertz CT molecular complexity index is 728. The number of benzene rings is 1. The molecule has 5 nitrogen and oxygen atoms in total. The van der Waals surface area contributed by atoms with E-state index >= 15 is 0 Å². The summed E-state index contributed by atoms with van der Waals surface area (Å²) in [6, 6.07) is 9.87. The van der Waals surface area contributed by atoms with Crippen LogP contribution >= 0.6 is 15.9 Å². The summed E-state index contributed by atoms with van der Waals surface area (Å²) in [7, 11) is 1.88. The van der Waals surface area contributed by atoms with Crippen molar-refractivity contribution < 1.29 is 0 Å². The Hall–Kier alpha value is -2.08. The van der Waals surface area contributed by atoms with Crippen molar-refractivity contribution in [2.24, 2.45) is 7.05 Å². The van der Waals surface area contributed by atoms with Crippen LogP contribution in [0.3, 0.4) is 0 Å². The molecule has 3 rings (SSSR count). The maximum absolute atomic E-state index is 5.98. The lowest BCUT2D eigenvalue weighted by Gasteiger charge is -2.03. The lowest BCUT2D eigenvalue weighted by molar-refractivity contribution is 0.770. The summed E-state index contributed by atoms with van der Waals surface area (Å²) in [5.74, 6) is 0.471. The zero-order valence-electron chi connectivity index (χ0n) is 10.3. The standard InChI is InChI=1S/C13H12BrN5/c1-19-6-5-10(18-19)12-11(13(15)17-16-12)8-3-2-4-9(14)7-8/h2-7H,1H3,(H3,15,16,17). The Labute approximate surface area is 118 Å². The maximum atomic E-state index is 5.98. The summed E-state index contributed by atoms with van der Waals surface area (Å²) in [6.07, 6.45) is 1.89. The van der Waals surface area contributed by atoms with Crippen LogP contribution in [0.25, 0.3) is 22.5 Å². The molecule has 0 bridgehead atoms. The first-order valence-electron chi connectivity index (χ1n) is 5.75. The van der Waals surface area contributed by atoms with Gasteiger partial charge in [0.25, 0.3) is 0 Å². The predicted octanol–water partition coefficient (Wildman–Crippen LogP) is 2.82. The monoisotopic (exact) mass is 317 g/mol. The average molecular weight is 318 g/mol. The van der Waals surface area contributed by atoms with Crippen LogP contribution in [0.1, 0.15) is 0 Å². The molecule has 0 radical (unpaired) electrons. The molecule has 0 atom stereocenters. The molecular formula is C13H12BrN5. The Morgan fingerprint density at radius 2 is 2.16 bits per heavy atom. The van der Waals surface area contributed by atoms with Crippen LogP contribution in [0.15, 0.2) is 41.0 Å². The van der Waals surface area contributed by atoms with Crippen LogP contribution in [0.5, 0.6) is 0 Å². The number of anilines is 1. The second-order valence-corrected chi connectivity index (χ2v) is 5.16. The lowest BCUT2D eigenvalue weighted by Crippen LogP contribution is -1.91. The third-order valence-corrected chi connectivity index (χ3v) is 3.37. The van der Waals surface area contributed by atoms with Crippen LogP contribution in [0.2, 0.25) is 0 Å². The van der Waals surface area contributed by atoms with Crippen molar-refractivity contribution >= 4 is 21.7 Å². The molecular weight excluding hydrogens is 306 g/mol.